The van der Waals surface area contributed by atoms with Crippen molar-refractivity contribution in [1.29, 1.82) is 0 Å². The Kier molecular flexibility index (Phi) is 8.19. The van der Waals surface area contributed by atoms with Crippen LogP contribution in [0.5, 0.6) is 0 Å². The first kappa shape index (κ1) is 23.8. The predicted octanol–water partition coefficient (Wildman–Crippen LogP) is 4.95. The van der Waals surface area contributed by atoms with Crippen molar-refractivity contribution in [3.63, 3.8) is 0 Å². The maximum absolute atomic E-state index is 5.46. The highest BCUT2D eigenvalue weighted by Crippen LogP contribution is 2.53. The van der Waals surface area contributed by atoms with Crippen LogP contribution in [0.3, 0.4) is 0 Å². The van der Waals surface area contributed by atoms with Gasteiger partial charge in [-0.2, -0.15) is 5.10 Å². The van der Waals surface area contributed by atoms with E-state index in [1.807, 2.05) is 12.4 Å². The van der Waals surface area contributed by atoms with Gasteiger partial charge in [-0.25, -0.2) is 9.29 Å². The van der Waals surface area contributed by atoms with E-state index in [9.17, 15) is 0 Å². The molecule has 4 rings (SSSR count). The summed E-state index contributed by atoms with van der Waals surface area (Å²) < 4.78 is 7.53. The Labute approximate surface area is 192 Å². The van der Waals surface area contributed by atoms with Crippen LogP contribution in [-0.4, -0.2) is 52.8 Å². The first-order valence-electron chi connectivity index (χ1n) is 11.3. The SMILES string of the molecule is C/C=C\c1c(C2(N(C)S)CC2)cc(N2CCOCC2)nc1C.CCC(C)c1cn[nH]c1. The zero-order valence-corrected chi connectivity index (χ0v) is 20.5. The van der Waals surface area contributed by atoms with E-state index in [0.29, 0.717) is 5.92 Å². The molecule has 170 valence electrons. The van der Waals surface area contributed by atoms with Gasteiger partial charge in [0.15, 0.2) is 0 Å². The number of hydrogen-bond donors (Lipinski definition) is 2. The topological polar surface area (TPSA) is 57.3 Å². The van der Waals surface area contributed by atoms with Crippen LogP contribution >= 0.6 is 12.8 Å². The third-order valence-corrected chi connectivity index (χ3v) is 6.83. The fourth-order valence-electron chi connectivity index (χ4n) is 4.03. The largest absolute Gasteiger partial charge is 0.378 e. The van der Waals surface area contributed by atoms with Crippen LogP contribution in [0.4, 0.5) is 5.82 Å². The molecule has 2 fully saturated rings. The first-order chi connectivity index (χ1) is 14.9. The number of anilines is 1. The zero-order chi connectivity index (χ0) is 22.4. The van der Waals surface area contributed by atoms with Crippen LogP contribution in [0.15, 0.2) is 24.5 Å². The van der Waals surface area contributed by atoms with E-state index in [4.69, 9.17) is 9.72 Å². The molecule has 1 saturated carbocycles. The molecule has 3 heterocycles. The second-order valence-electron chi connectivity index (χ2n) is 8.52. The fraction of sp³-hybridized carbons (Fsp3) is 0.583. The molecule has 6 nitrogen and oxygen atoms in total. The molecule has 1 aliphatic carbocycles. The summed E-state index contributed by atoms with van der Waals surface area (Å²) in [7, 11) is 2.06. The predicted molar refractivity (Wildman–Crippen MR) is 132 cm³/mol. The maximum atomic E-state index is 5.46. The van der Waals surface area contributed by atoms with Gasteiger partial charge in [0, 0.05) is 30.5 Å². The number of nitrogens with one attached hydrogen (secondary N) is 1. The van der Waals surface area contributed by atoms with Crippen molar-refractivity contribution >= 4 is 24.7 Å². The second-order valence-corrected chi connectivity index (χ2v) is 9.12. The minimum absolute atomic E-state index is 0.0622. The van der Waals surface area contributed by atoms with E-state index in [1.54, 1.807) is 0 Å². The molecule has 0 bridgehead atoms. The van der Waals surface area contributed by atoms with Crippen molar-refractivity contribution in [2.24, 2.45) is 0 Å². The third-order valence-electron chi connectivity index (χ3n) is 6.45. The van der Waals surface area contributed by atoms with Gasteiger partial charge in [-0.05, 0) is 63.3 Å². The smallest absolute Gasteiger partial charge is 0.129 e. The normalized spacial score (nSPS) is 18.7. The monoisotopic (exact) mass is 443 g/mol. The number of ether oxygens (including phenoxy) is 1. The number of pyridine rings is 1. The van der Waals surface area contributed by atoms with E-state index in [2.05, 4.69) is 85.2 Å². The minimum atomic E-state index is 0.0622. The number of thiol groups is 1. The Morgan fingerprint density at radius 2 is 2.06 bits per heavy atom. The Balaban J connectivity index is 0.000000254. The highest BCUT2D eigenvalue weighted by molar-refractivity contribution is 7.77. The van der Waals surface area contributed by atoms with Crippen molar-refractivity contribution in [2.45, 2.75) is 58.4 Å². The highest BCUT2D eigenvalue weighted by Gasteiger charge is 2.48. The number of rotatable bonds is 6. The van der Waals surface area contributed by atoms with Gasteiger partial charge < -0.3 is 9.64 Å². The molecule has 31 heavy (non-hydrogen) atoms. The molecule has 1 saturated heterocycles. The lowest BCUT2D eigenvalue weighted by molar-refractivity contribution is 0.122. The maximum Gasteiger partial charge on any atom is 0.129 e. The van der Waals surface area contributed by atoms with Crippen molar-refractivity contribution in [3.05, 3.63) is 46.9 Å². The third kappa shape index (κ3) is 5.51. The second kappa shape index (κ2) is 10.7. The van der Waals surface area contributed by atoms with Crippen LogP contribution in [0.1, 0.15) is 68.3 Å². The Hall–Kier alpha value is -1.83. The molecule has 0 amide bonds. The number of morpholine rings is 1. The molecular formula is C24H37N5OS. The van der Waals surface area contributed by atoms with Gasteiger partial charge in [-0.1, -0.05) is 38.8 Å². The molecule has 0 spiro atoms. The number of allylic oxidation sites excluding steroid dienone is 1. The summed E-state index contributed by atoms with van der Waals surface area (Å²) in [5.74, 6) is 1.72. The molecule has 1 N–H and O–H groups in total. The molecule has 0 aromatic carbocycles. The molecule has 1 aliphatic heterocycles. The number of H-pyrrole nitrogens is 1. The highest BCUT2D eigenvalue weighted by atomic mass is 32.1. The Bertz CT molecular complexity index is 855. The van der Waals surface area contributed by atoms with Crippen molar-refractivity contribution in [1.82, 2.24) is 19.5 Å². The summed E-state index contributed by atoms with van der Waals surface area (Å²) in [4.78, 5) is 7.18. The Morgan fingerprint density at radius 1 is 1.35 bits per heavy atom. The van der Waals surface area contributed by atoms with Gasteiger partial charge in [0.25, 0.3) is 0 Å². The first-order valence-corrected chi connectivity index (χ1v) is 11.7. The van der Waals surface area contributed by atoms with Crippen LogP contribution < -0.4 is 4.90 Å². The number of nitrogens with zero attached hydrogens (tertiary/aromatic N) is 4. The number of aryl methyl sites for hydroxylation is 1. The van der Waals surface area contributed by atoms with Crippen LogP contribution in [0.2, 0.25) is 0 Å². The van der Waals surface area contributed by atoms with E-state index < -0.39 is 0 Å². The summed E-state index contributed by atoms with van der Waals surface area (Å²) in [6, 6.07) is 2.27. The summed E-state index contributed by atoms with van der Waals surface area (Å²) in [6.07, 6.45) is 11.6. The number of aromatic nitrogens is 3. The lowest BCUT2D eigenvalue weighted by Gasteiger charge is -2.31. The van der Waals surface area contributed by atoms with Gasteiger partial charge in [0.05, 0.1) is 24.9 Å². The van der Waals surface area contributed by atoms with Gasteiger partial charge >= 0.3 is 0 Å². The molecule has 0 radical (unpaired) electrons. The van der Waals surface area contributed by atoms with Crippen molar-refractivity contribution in [3.8, 4) is 0 Å². The van der Waals surface area contributed by atoms with Crippen LogP contribution in [-0.2, 0) is 10.3 Å². The molecule has 1 unspecified atom stereocenters. The lowest BCUT2D eigenvalue weighted by Crippen LogP contribution is -2.37. The molecule has 2 aromatic heterocycles. The molecule has 2 aliphatic rings. The zero-order valence-electron chi connectivity index (χ0n) is 19.6. The van der Waals surface area contributed by atoms with Gasteiger partial charge in [0.1, 0.15) is 5.82 Å². The summed E-state index contributed by atoms with van der Waals surface area (Å²) in [6.45, 7) is 11.9. The number of hydrogen-bond acceptors (Lipinski definition) is 6. The quantitative estimate of drug-likeness (QED) is 0.619. The number of aromatic amines is 1. The van der Waals surface area contributed by atoms with Crippen LogP contribution in [0.25, 0.3) is 6.08 Å². The van der Waals surface area contributed by atoms with E-state index >= 15 is 0 Å². The van der Waals surface area contributed by atoms with Crippen LogP contribution in [0, 0.1) is 6.92 Å². The lowest BCUT2D eigenvalue weighted by atomic mass is 9.97. The van der Waals surface area contributed by atoms with Crippen molar-refractivity contribution in [2.75, 3.05) is 38.3 Å². The van der Waals surface area contributed by atoms with E-state index in [0.717, 1.165) is 50.7 Å². The standard InChI is InChI=1S/C17H25N3OS.C7H12N2/c1-4-5-14-13(2)18-16(20-8-10-21-11-9-20)12-15(14)17(6-7-17)19(3)22;1-3-6(2)7-4-8-9-5-7/h4-5,12,22H,6-11H2,1-3H3;4-6H,3H2,1-2H3,(H,8,9)/b5-4-;. The fourth-order valence-corrected chi connectivity index (χ4v) is 4.34. The van der Waals surface area contributed by atoms with Gasteiger partial charge in [0.2, 0.25) is 0 Å². The molecular weight excluding hydrogens is 406 g/mol. The average Bonchev–Trinajstić information content (AvgIpc) is 3.42. The van der Waals surface area contributed by atoms with Crippen molar-refractivity contribution < 1.29 is 4.74 Å². The molecule has 2 aromatic rings. The van der Waals surface area contributed by atoms with Gasteiger partial charge in [-0.3, -0.25) is 5.10 Å². The Morgan fingerprint density at radius 3 is 2.58 bits per heavy atom. The summed E-state index contributed by atoms with van der Waals surface area (Å²) in [5.41, 5.74) is 5.07. The minimum Gasteiger partial charge on any atom is -0.378 e. The summed E-state index contributed by atoms with van der Waals surface area (Å²) in [5, 5.41) is 6.66. The molecule has 7 heteroatoms. The molecule has 1 atom stereocenters. The van der Waals surface area contributed by atoms with Gasteiger partial charge in [-0.15, -0.1) is 0 Å². The van der Waals surface area contributed by atoms with E-state index in [1.165, 1.54) is 23.1 Å². The average molecular weight is 444 g/mol. The summed E-state index contributed by atoms with van der Waals surface area (Å²) >= 11 is 4.62. The van der Waals surface area contributed by atoms with E-state index in [-0.39, 0.29) is 5.54 Å².